The molecule has 2 aromatic carbocycles. The molecular weight excluding hydrogens is 434 g/mol. The molecule has 0 N–H and O–H groups in total. The van der Waals surface area contributed by atoms with Crippen molar-refractivity contribution in [2.24, 2.45) is 0 Å². The Balaban J connectivity index is 2.10. The molecule has 3 aromatic rings. The van der Waals surface area contributed by atoms with Crippen LogP contribution in [0.25, 0.3) is 11.4 Å². The van der Waals surface area contributed by atoms with E-state index in [0.717, 1.165) is 18.4 Å². The number of hydrogen-bond acceptors (Lipinski definition) is 7. The summed E-state index contributed by atoms with van der Waals surface area (Å²) in [6.45, 7) is 8.92. The van der Waals surface area contributed by atoms with E-state index in [4.69, 9.17) is 18.9 Å². The van der Waals surface area contributed by atoms with Crippen LogP contribution in [0.3, 0.4) is 0 Å². The van der Waals surface area contributed by atoms with Crippen molar-refractivity contribution in [3.63, 3.8) is 0 Å². The Bertz CT molecular complexity index is 1110. The third-order valence-electron chi connectivity index (χ3n) is 5.43. The molecule has 0 saturated heterocycles. The van der Waals surface area contributed by atoms with Crippen molar-refractivity contribution in [2.45, 2.75) is 46.0 Å². The number of carbonyl (C=O) groups excluding carboxylic acids is 1. The van der Waals surface area contributed by atoms with Gasteiger partial charge in [0.1, 0.15) is 0 Å². The fourth-order valence-electron chi connectivity index (χ4n) is 3.44. The monoisotopic (exact) mass is 467 g/mol. The number of methoxy groups -OCH3 is 3. The summed E-state index contributed by atoms with van der Waals surface area (Å²) in [6, 6.07) is 11.1. The van der Waals surface area contributed by atoms with Crippen LogP contribution in [0.5, 0.6) is 23.3 Å². The quantitative estimate of drug-likeness (QED) is 0.403. The summed E-state index contributed by atoms with van der Waals surface area (Å²) in [6.07, 6.45) is 1.83. The van der Waals surface area contributed by atoms with Crippen LogP contribution in [0.15, 0.2) is 36.4 Å². The molecule has 0 unspecified atom stereocenters. The van der Waals surface area contributed by atoms with Gasteiger partial charge in [0.25, 0.3) is 5.91 Å². The second kappa shape index (κ2) is 10.6. The molecule has 3 rings (SSSR count). The minimum absolute atomic E-state index is 0.0174. The molecule has 0 bridgehead atoms. The Kier molecular flexibility index (Phi) is 7.81. The van der Waals surface area contributed by atoms with Crippen molar-refractivity contribution in [1.29, 1.82) is 0 Å². The summed E-state index contributed by atoms with van der Waals surface area (Å²) >= 11 is 0. The van der Waals surface area contributed by atoms with Gasteiger partial charge in [0, 0.05) is 11.1 Å². The van der Waals surface area contributed by atoms with E-state index in [1.807, 2.05) is 12.1 Å². The molecule has 182 valence electrons. The zero-order valence-corrected chi connectivity index (χ0v) is 21.0. The Hall–Kier alpha value is -3.55. The first kappa shape index (κ1) is 25.1. The Morgan fingerprint density at radius 2 is 1.59 bits per heavy atom. The van der Waals surface area contributed by atoms with Crippen LogP contribution in [-0.4, -0.2) is 48.6 Å². The van der Waals surface area contributed by atoms with Crippen LogP contribution in [-0.2, 0) is 5.41 Å². The van der Waals surface area contributed by atoms with Gasteiger partial charge in [-0.15, -0.1) is 5.10 Å². The normalized spacial score (nSPS) is 11.3. The van der Waals surface area contributed by atoms with Crippen LogP contribution in [0.2, 0.25) is 0 Å². The predicted octanol–water partition coefficient (Wildman–Crippen LogP) is 5.14. The molecule has 0 radical (unpaired) electrons. The molecule has 8 nitrogen and oxygen atoms in total. The number of aromatic nitrogens is 3. The van der Waals surface area contributed by atoms with Crippen LogP contribution in [0.4, 0.5) is 0 Å². The van der Waals surface area contributed by atoms with Crippen molar-refractivity contribution < 1.29 is 23.7 Å². The largest absolute Gasteiger partial charge is 0.493 e. The molecule has 0 fully saturated rings. The van der Waals surface area contributed by atoms with Crippen LogP contribution >= 0.6 is 0 Å². The van der Waals surface area contributed by atoms with Gasteiger partial charge in [-0.25, -0.2) is 0 Å². The maximum absolute atomic E-state index is 13.5. The highest BCUT2D eigenvalue weighted by molar-refractivity contribution is 5.97. The molecule has 0 spiro atoms. The molecule has 0 amide bonds. The van der Waals surface area contributed by atoms with E-state index < -0.39 is 0 Å². The summed E-state index contributed by atoms with van der Waals surface area (Å²) in [5.41, 5.74) is 2.19. The van der Waals surface area contributed by atoms with E-state index in [2.05, 4.69) is 37.8 Å². The number of carbonyl (C=O) groups is 1. The molecule has 1 aromatic heterocycles. The highest BCUT2D eigenvalue weighted by Crippen LogP contribution is 2.41. The van der Waals surface area contributed by atoms with E-state index in [9.17, 15) is 4.79 Å². The van der Waals surface area contributed by atoms with E-state index in [1.54, 1.807) is 24.3 Å². The molecule has 0 aliphatic rings. The summed E-state index contributed by atoms with van der Waals surface area (Å²) in [5.74, 6) is 1.34. The first-order valence-corrected chi connectivity index (χ1v) is 11.3. The zero-order valence-electron chi connectivity index (χ0n) is 21.0. The second-order valence-electron chi connectivity index (χ2n) is 8.88. The number of hydrogen-bond donors (Lipinski definition) is 0. The standard InChI is InChI=1S/C26H33N3O5/c1-8-9-14-34-25-27-23(18-15-20(31-5)22(33-7)21(16-18)32-6)29(28-25)24(30)17-10-12-19(13-11-17)26(2,3)4/h10-13,15-16H,8-9,14H2,1-7H3. The minimum Gasteiger partial charge on any atom is -0.493 e. The van der Waals surface area contributed by atoms with Crippen LogP contribution in [0, 0.1) is 0 Å². The first-order chi connectivity index (χ1) is 16.2. The van der Waals surface area contributed by atoms with Gasteiger partial charge in [0.15, 0.2) is 17.3 Å². The predicted molar refractivity (Wildman–Crippen MR) is 130 cm³/mol. The van der Waals surface area contributed by atoms with Gasteiger partial charge >= 0.3 is 6.01 Å². The van der Waals surface area contributed by atoms with Gasteiger partial charge in [-0.3, -0.25) is 4.79 Å². The zero-order chi connectivity index (χ0) is 24.9. The maximum atomic E-state index is 13.5. The lowest BCUT2D eigenvalue weighted by atomic mass is 9.87. The van der Waals surface area contributed by atoms with Gasteiger partial charge in [0.05, 0.1) is 27.9 Å². The smallest absolute Gasteiger partial charge is 0.336 e. The highest BCUT2D eigenvalue weighted by Gasteiger charge is 2.24. The lowest BCUT2D eigenvalue weighted by Crippen LogP contribution is -2.16. The fraction of sp³-hybridized carbons (Fsp3) is 0.423. The van der Waals surface area contributed by atoms with Gasteiger partial charge in [-0.05, 0) is 41.7 Å². The molecule has 0 aliphatic carbocycles. The van der Waals surface area contributed by atoms with E-state index in [1.165, 1.54) is 26.0 Å². The molecule has 1 heterocycles. The van der Waals surface area contributed by atoms with Crippen LogP contribution < -0.4 is 18.9 Å². The molecular formula is C26H33N3O5. The molecule has 0 atom stereocenters. The van der Waals surface area contributed by atoms with Gasteiger partial charge in [0.2, 0.25) is 5.75 Å². The summed E-state index contributed by atoms with van der Waals surface area (Å²) in [4.78, 5) is 18.0. The number of rotatable bonds is 9. The topological polar surface area (TPSA) is 84.7 Å². The molecule has 0 saturated carbocycles. The molecule has 34 heavy (non-hydrogen) atoms. The first-order valence-electron chi connectivity index (χ1n) is 11.3. The third-order valence-corrected chi connectivity index (χ3v) is 5.43. The van der Waals surface area contributed by atoms with Crippen molar-refractivity contribution in [3.05, 3.63) is 47.5 Å². The Morgan fingerprint density at radius 3 is 2.09 bits per heavy atom. The average Bonchev–Trinajstić information content (AvgIpc) is 3.26. The minimum atomic E-state index is -0.318. The van der Waals surface area contributed by atoms with Crippen molar-refractivity contribution in [2.75, 3.05) is 27.9 Å². The van der Waals surface area contributed by atoms with Crippen molar-refractivity contribution in [1.82, 2.24) is 14.8 Å². The third kappa shape index (κ3) is 5.32. The summed E-state index contributed by atoms with van der Waals surface area (Å²) in [7, 11) is 4.60. The lowest BCUT2D eigenvalue weighted by Gasteiger charge is -2.19. The SMILES string of the molecule is CCCCOc1nc(-c2cc(OC)c(OC)c(OC)c2)n(C(=O)c2ccc(C(C)(C)C)cc2)n1. The van der Waals surface area contributed by atoms with Crippen LogP contribution in [0.1, 0.15) is 56.5 Å². The fourth-order valence-corrected chi connectivity index (χ4v) is 3.44. The lowest BCUT2D eigenvalue weighted by molar-refractivity contribution is 0.0944. The number of ether oxygens (including phenoxy) is 4. The Labute approximate surface area is 200 Å². The average molecular weight is 468 g/mol. The van der Waals surface area contributed by atoms with Crippen molar-refractivity contribution >= 4 is 5.91 Å². The second-order valence-corrected chi connectivity index (χ2v) is 8.88. The van der Waals surface area contributed by atoms with E-state index in [-0.39, 0.29) is 17.3 Å². The molecule has 0 aliphatic heterocycles. The maximum Gasteiger partial charge on any atom is 0.336 e. The number of nitrogens with zero attached hydrogens (tertiary/aromatic N) is 3. The van der Waals surface area contributed by atoms with E-state index in [0.29, 0.717) is 40.8 Å². The van der Waals surface area contributed by atoms with E-state index >= 15 is 0 Å². The highest BCUT2D eigenvalue weighted by atomic mass is 16.5. The molecule has 8 heteroatoms. The van der Waals surface area contributed by atoms with Gasteiger partial charge in [-0.1, -0.05) is 46.2 Å². The summed E-state index contributed by atoms with van der Waals surface area (Å²) in [5, 5.41) is 4.38. The number of benzene rings is 2. The van der Waals surface area contributed by atoms with Crippen molar-refractivity contribution in [3.8, 4) is 34.6 Å². The van der Waals surface area contributed by atoms with Gasteiger partial charge < -0.3 is 18.9 Å². The number of unbranched alkanes of at least 4 members (excludes halogenated alkanes) is 1. The van der Waals surface area contributed by atoms with Gasteiger partial charge in [-0.2, -0.15) is 9.67 Å². The Morgan fingerprint density at radius 1 is 0.971 bits per heavy atom. The summed E-state index contributed by atoms with van der Waals surface area (Å²) < 4.78 is 23.4.